The summed E-state index contributed by atoms with van der Waals surface area (Å²) < 4.78 is 18.3. The summed E-state index contributed by atoms with van der Waals surface area (Å²) in [5.41, 5.74) is -0.0973. The maximum Gasteiger partial charge on any atom is 0.335 e. The van der Waals surface area contributed by atoms with E-state index in [2.05, 4.69) is 0 Å². The second-order valence-corrected chi connectivity index (χ2v) is 4.16. The zero-order valence-electron chi connectivity index (χ0n) is 8.90. The van der Waals surface area contributed by atoms with E-state index in [1.807, 2.05) is 6.26 Å². The van der Waals surface area contributed by atoms with Gasteiger partial charge in [-0.1, -0.05) is 0 Å². The zero-order chi connectivity index (χ0) is 12.0. The van der Waals surface area contributed by atoms with Gasteiger partial charge in [0, 0.05) is 6.07 Å². The SMILES string of the molecule is CSCCCOc1cc(F)cc(C(=O)O)c1. The Balaban J connectivity index is 2.62. The number of benzene rings is 1. The molecule has 16 heavy (non-hydrogen) atoms. The van der Waals surface area contributed by atoms with Crippen LogP contribution in [0.3, 0.4) is 0 Å². The van der Waals surface area contributed by atoms with E-state index in [1.165, 1.54) is 12.1 Å². The molecule has 0 amide bonds. The number of thioether (sulfide) groups is 1. The number of carboxylic acid groups (broad SMARTS) is 1. The number of hydrogen-bond acceptors (Lipinski definition) is 3. The lowest BCUT2D eigenvalue weighted by molar-refractivity contribution is 0.0695. The van der Waals surface area contributed by atoms with Crippen LogP contribution in [0.4, 0.5) is 4.39 Å². The number of halogens is 1. The highest BCUT2D eigenvalue weighted by Gasteiger charge is 2.07. The maximum absolute atomic E-state index is 13.0. The second-order valence-electron chi connectivity index (χ2n) is 3.18. The first-order chi connectivity index (χ1) is 7.63. The predicted octanol–water partition coefficient (Wildman–Crippen LogP) is 2.66. The molecular formula is C11H13FO3S. The van der Waals surface area contributed by atoms with Gasteiger partial charge in [-0.15, -0.1) is 0 Å². The molecule has 1 aromatic carbocycles. The van der Waals surface area contributed by atoms with E-state index in [0.29, 0.717) is 6.61 Å². The highest BCUT2D eigenvalue weighted by atomic mass is 32.2. The van der Waals surface area contributed by atoms with Crippen LogP contribution in [0.2, 0.25) is 0 Å². The highest BCUT2D eigenvalue weighted by molar-refractivity contribution is 7.98. The smallest absolute Gasteiger partial charge is 0.335 e. The minimum Gasteiger partial charge on any atom is -0.493 e. The Kier molecular flexibility index (Phi) is 5.11. The molecule has 0 fully saturated rings. The Bertz CT molecular complexity index is 368. The van der Waals surface area contributed by atoms with Gasteiger partial charge in [0.2, 0.25) is 0 Å². The molecule has 3 nitrogen and oxygen atoms in total. The van der Waals surface area contributed by atoms with Crippen LogP contribution >= 0.6 is 11.8 Å². The predicted molar refractivity (Wildman–Crippen MR) is 61.9 cm³/mol. The minimum absolute atomic E-state index is 0.0973. The van der Waals surface area contributed by atoms with E-state index in [0.717, 1.165) is 18.2 Å². The first kappa shape index (κ1) is 12.8. The van der Waals surface area contributed by atoms with Crippen LogP contribution in [0.1, 0.15) is 16.8 Å². The van der Waals surface area contributed by atoms with Crippen molar-refractivity contribution in [3.05, 3.63) is 29.6 Å². The van der Waals surface area contributed by atoms with Crippen LogP contribution in [-0.4, -0.2) is 29.7 Å². The van der Waals surface area contributed by atoms with Gasteiger partial charge in [-0.2, -0.15) is 11.8 Å². The van der Waals surface area contributed by atoms with Gasteiger partial charge in [0.15, 0.2) is 0 Å². The standard InChI is InChI=1S/C11H13FO3S/c1-16-4-2-3-15-10-6-8(11(13)14)5-9(12)7-10/h5-7H,2-4H2,1H3,(H,13,14). The van der Waals surface area contributed by atoms with E-state index in [-0.39, 0.29) is 11.3 Å². The summed E-state index contributed by atoms with van der Waals surface area (Å²) in [5.74, 6) is -0.534. The molecule has 0 aromatic heterocycles. The lowest BCUT2D eigenvalue weighted by Gasteiger charge is -2.06. The average molecular weight is 244 g/mol. The first-order valence-electron chi connectivity index (χ1n) is 4.79. The molecule has 0 saturated heterocycles. The third-order valence-electron chi connectivity index (χ3n) is 1.88. The number of carboxylic acids is 1. The molecule has 0 unspecified atom stereocenters. The summed E-state index contributed by atoms with van der Waals surface area (Å²) in [4.78, 5) is 10.7. The fraction of sp³-hybridized carbons (Fsp3) is 0.364. The van der Waals surface area contributed by atoms with Crippen molar-refractivity contribution in [2.75, 3.05) is 18.6 Å². The number of aromatic carboxylic acids is 1. The summed E-state index contributed by atoms with van der Waals surface area (Å²) in [7, 11) is 0. The van der Waals surface area contributed by atoms with Gasteiger partial charge in [0.05, 0.1) is 12.2 Å². The Morgan fingerprint density at radius 2 is 2.25 bits per heavy atom. The van der Waals surface area contributed by atoms with E-state index in [4.69, 9.17) is 9.84 Å². The van der Waals surface area contributed by atoms with Gasteiger partial charge in [-0.25, -0.2) is 9.18 Å². The normalized spacial score (nSPS) is 10.1. The molecule has 1 aromatic rings. The van der Waals surface area contributed by atoms with Crippen LogP contribution in [0, 0.1) is 5.82 Å². The van der Waals surface area contributed by atoms with Crippen molar-refractivity contribution in [3.63, 3.8) is 0 Å². The molecule has 5 heteroatoms. The molecule has 0 radical (unpaired) electrons. The van der Waals surface area contributed by atoms with Crippen LogP contribution < -0.4 is 4.74 Å². The van der Waals surface area contributed by atoms with E-state index in [1.54, 1.807) is 11.8 Å². The molecule has 0 bridgehead atoms. The van der Waals surface area contributed by atoms with Gasteiger partial charge in [0.25, 0.3) is 0 Å². The second kappa shape index (κ2) is 6.37. The van der Waals surface area contributed by atoms with E-state index in [9.17, 15) is 9.18 Å². The maximum atomic E-state index is 13.0. The molecule has 0 spiro atoms. The van der Waals surface area contributed by atoms with Crippen LogP contribution in [-0.2, 0) is 0 Å². The Morgan fingerprint density at radius 3 is 2.88 bits per heavy atom. The molecule has 88 valence electrons. The van der Waals surface area contributed by atoms with Crippen LogP contribution in [0.25, 0.3) is 0 Å². The lowest BCUT2D eigenvalue weighted by Crippen LogP contribution is -2.02. The number of hydrogen-bond donors (Lipinski definition) is 1. The molecule has 0 aliphatic rings. The summed E-state index contributed by atoms with van der Waals surface area (Å²) in [5, 5.41) is 8.72. The minimum atomic E-state index is -1.16. The molecule has 1 rings (SSSR count). The largest absolute Gasteiger partial charge is 0.493 e. The molecule has 1 N–H and O–H groups in total. The van der Waals surface area contributed by atoms with Gasteiger partial charge >= 0.3 is 5.97 Å². The van der Waals surface area contributed by atoms with Gasteiger partial charge < -0.3 is 9.84 Å². The summed E-state index contributed by atoms with van der Waals surface area (Å²) in [6, 6.07) is 3.48. The van der Waals surface area contributed by atoms with E-state index >= 15 is 0 Å². The van der Waals surface area contributed by atoms with Crippen molar-refractivity contribution in [2.45, 2.75) is 6.42 Å². The zero-order valence-corrected chi connectivity index (χ0v) is 9.72. The molecule has 0 atom stereocenters. The van der Waals surface area contributed by atoms with Gasteiger partial charge in [-0.05, 0) is 30.6 Å². The Labute approximate surface area is 97.6 Å². The summed E-state index contributed by atoms with van der Waals surface area (Å²) >= 11 is 1.70. The Hall–Kier alpha value is -1.23. The van der Waals surface area contributed by atoms with Crippen molar-refractivity contribution in [3.8, 4) is 5.75 Å². The van der Waals surface area contributed by atoms with Crippen molar-refractivity contribution in [2.24, 2.45) is 0 Å². The quantitative estimate of drug-likeness (QED) is 0.781. The third-order valence-corrected chi connectivity index (χ3v) is 2.58. The van der Waals surface area contributed by atoms with Crippen molar-refractivity contribution >= 4 is 17.7 Å². The van der Waals surface area contributed by atoms with Gasteiger partial charge in [0.1, 0.15) is 11.6 Å². The average Bonchev–Trinajstić information content (AvgIpc) is 2.23. The fourth-order valence-electron chi connectivity index (χ4n) is 1.16. The number of carbonyl (C=O) groups is 1. The molecule has 0 heterocycles. The summed E-state index contributed by atoms with van der Waals surface area (Å²) in [6.45, 7) is 0.462. The van der Waals surface area contributed by atoms with Crippen LogP contribution in [0.5, 0.6) is 5.75 Å². The lowest BCUT2D eigenvalue weighted by atomic mass is 10.2. The summed E-state index contributed by atoms with van der Waals surface area (Å²) in [6.07, 6.45) is 2.84. The highest BCUT2D eigenvalue weighted by Crippen LogP contribution is 2.16. The van der Waals surface area contributed by atoms with Crippen molar-refractivity contribution < 1.29 is 19.0 Å². The molecule has 0 aliphatic heterocycles. The third kappa shape index (κ3) is 4.10. The monoisotopic (exact) mass is 244 g/mol. The number of ether oxygens (including phenoxy) is 1. The topological polar surface area (TPSA) is 46.5 Å². The van der Waals surface area contributed by atoms with E-state index < -0.39 is 11.8 Å². The fourth-order valence-corrected chi connectivity index (χ4v) is 1.57. The molecule has 0 aliphatic carbocycles. The van der Waals surface area contributed by atoms with Crippen molar-refractivity contribution in [1.29, 1.82) is 0 Å². The first-order valence-corrected chi connectivity index (χ1v) is 6.18. The van der Waals surface area contributed by atoms with Crippen molar-refractivity contribution in [1.82, 2.24) is 0 Å². The molecular weight excluding hydrogens is 231 g/mol. The van der Waals surface area contributed by atoms with Gasteiger partial charge in [-0.3, -0.25) is 0 Å². The molecule has 0 saturated carbocycles. The number of rotatable bonds is 6. The van der Waals surface area contributed by atoms with Crippen LogP contribution in [0.15, 0.2) is 18.2 Å². The Morgan fingerprint density at radius 1 is 1.50 bits per heavy atom.